The fourth-order valence-electron chi connectivity index (χ4n) is 0.446. The summed E-state index contributed by atoms with van der Waals surface area (Å²) in [4.78, 5) is 3.94. The summed E-state index contributed by atoms with van der Waals surface area (Å²) in [7, 11) is 0. The lowest BCUT2D eigenvalue weighted by molar-refractivity contribution is 1.23. The molecule has 1 rings (SSSR count). The molecule has 1 aromatic heterocycles. The van der Waals surface area contributed by atoms with Crippen LogP contribution in [0.5, 0.6) is 0 Å². The number of nitrogens with two attached hydrogens (primary N) is 1. The standard InChI is InChI=1S/C5H6ClN2S/c1-3(6)4-2-9-5(7)8-4/h2H,1H3,(H2,7,8). The average Bonchev–Trinajstić information content (AvgIpc) is 2.14. The second-order valence-corrected chi connectivity index (χ2v) is 3.06. The van der Waals surface area contributed by atoms with Crippen LogP contribution in [0.1, 0.15) is 12.6 Å². The number of halogens is 1. The Morgan fingerprint density at radius 3 is 2.78 bits per heavy atom. The summed E-state index contributed by atoms with van der Waals surface area (Å²) in [6, 6.07) is 0. The summed E-state index contributed by atoms with van der Waals surface area (Å²) in [5, 5.41) is 3.07. The lowest BCUT2D eigenvalue weighted by Crippen LogP contribution is -1.86. The first-order valence-electron chi connectivity index (χ1n) is 2.40. The number of nitrogens with zero attached hydrogens (tertiary/aromatic N) is 1. The molecule has 1 aromatic rings. The van der Waals surface area contributed by atoms with E-state index < -0.39 is 0 Å². The molecule has 0 atom stereocenters. The molecule has 0 unspecified atom stereocenters. The van der Waals surface area contributed by atoms with E-state index in [4.69, 9.17) is 17.3 Å². The topological polar surface area (TPSA) is 38.9 Å². The Kier molecular flexibility index (Phi) is 1.93. The van der Waals surface area contributed by atoms with Crippen molar-refractivity contribution in [2.24, 2.45) is 0 Å². The Morgan fingerprint density at radius 2 is 2.56 bits per heavy atom. The number of rotatable bonds is 1. The normalized spacial score (nSPS) is 10.6. The Hall–Kier alpha value is -0.280. The minimum Gasteiger partial charge on any atom is -0.375 e. The predicted octanol–water partition coefficient (Wildman–Crippen LogP) is 1.86. The van der Waals surface area contributed by atoms with E-state index in [0.717, 1.165) is 5.69 Å². The fraction of sp³-hybridized carbons (Fsp3) is 0.200. The van der Waals surface area contributed by atoms with Crippen LogP contribution >= 0.6 is 22.9 Å². The van der Waals surface area contributed by atoms with E-state index >= 15 is 0 Å². The molecule has 0 aromatic carbocycles. The third-order valence-corrected chi connectivity index (χ3v) is 1.74. The zero-order valence-corrected chi connectivity index (χ0v) is 6.46. The van der Waals surface area contributed by atoms with Gasteiger partial charge in [0.1, 0.15) is 5.38 Å². The molecule has 0 aliphatic heterocycles. The van der Waals surface area contributed by atoms with Crippen molar-refractivity contribution in [1.29, 1.82) is 0 Å². The van der Waals surface area contributed by atoms with E-state index in [2.05, 4.69) is 4.98 Å². The Bertz CT molecular complexity index is 197. The van der Waals surface area contributed by atoms with Gasteiger partial charge in [0, 0.05) is 5.38 Å². The van der Waals surface area contributed by atoms with Crippen LogP contribution in [0, 0.1) is 5.38 Å². The number of thiazole rings is 1. The first kappa shape index (κ1) is 6.83. The van der Waals surface area contributed by atoms with E-state index in [0.29, 0.717) is 10.5 Å². The van der Waals surface area contributed by atoms with Gasteiger partial charge in [-0.25, -0.2) is 4.98 Å². The van der Waals surface area contributed by atoms with Crippen LogP contribution in [0.25, 0.3) is 0 Å². The highest BCUT2D eigenvalue weighted by Gasteiger charge is 2.04. The van der Waals surface area contributed by atoms with Gasteiger partial charge < -0.3 is 5.73 Å². The summed E-state index contributed by atoms with van der Waals surface area (Å²) in [5.41, 5.74) is 6.13. The molecule has 2 nitrogen and oxygen atoms in total. The third kappa shape index (κ3) is 1.56. The summed E-state index contributed by atoms with van der Waals surface area (Å²) < 4.78 is 0. The van der Waals surface area contributed by atoms with Gasteiger partial charge in [-0.15, -0.1) is 22.9 Å². The molecule has 0 spiro atoms. The average molecular weight is 162 g/mol. The summed E-state index contributed by atoms with van der Waals surface area (Å²) in [5.74, 6) is 0. The largest absolute Gasteiger partial charge is 0.375 e. The van der Waals surface area contributed by atoms with E-state index in [-0.39, 0.29) is 0 Å². The highest BCUT2D eigenvalue weighted by atomic mass is 35.5. The molecule has 4 heteroatoms. The minimum atomic E-state index is 0.560. The molecule has 49 valence electrons. The van der Waals surface area contributed by atoms with Crippen molar-refractivity contribution in [1.82, 2.24) is 4.98 Å². The smallest absolute Gasteiger partial charge is 0.180 e. The van der Waals surface area contributed by atoms with Crippen LogP contribution in [-0.4, -0.2) is 4.98 Å². The molecule has 0 aliphatic carbocycles. The van der Waals surface area contributed by atoms with Gasteiger partial charge in [0.15, 0.2) is 5.13 Å². The van der Waals surface area contributed by atoms with Crippen molar-refractivity contribution in [3.63, 3.8) is 0 Å². The number of nitrogen functional groups attached to an aromatic ring is 1. The van der Waals surface area contributed by atoms with E-state index in [9.17, 15) is 0 Å². The highest BCUT2D eigenvalue weighted by Crippen LogP contribution is 2.21. The van der Waals surface area contributed by atoms with Gasteiger partial charge in [-0.1, -0.05) is 0 Å². The van der Waals surface area contributed by atoms with Crippen LogP contribution < -0.4 is 5.73 Å². The van der Waals surface area contributed by atoms with Crippen LogP contribution in [0.3, 0.4) is 0 Å². The van der Waals surface area contributed by atoms with Crippen molar-refractivity contribution in [3.8, 4) is 0 Å². The summed E-state index contributed by atoms with van der Waals surface area (Å²) in [6.07, 6.45) is 0. The quantitative estimate of drug-likeness (QED) is 0.683. The van der Waals surface area contributed by atoms with Crippen LogP contribution in [-0.2, 0) is 0 Å². The maximum absolute atomic E-state index is 5.62. The first-order valence-corrected chi connectivity index (χ1v) is 3.66. The van der Waals surface area contributed by atoms with E-state index in [1.807, 2.05) is 5.38 Å². The molecule has 1 heterocycles. The molecule has 9 heavy (non-hydrogen) atoms. The number of hydrogen-bond donors (Lipinski definition) is 1. The van der Waals surface area contributed by atoms with E-state index in [1.165, 1.54) is 11.3 Å². The lowest BCUT2D eigenvalue weighted by Gasteiger charge is -1.90. The molecule has 0 amide bonds. The molecule has 2 N–H and O–H groups in total. The van der Waals surface area contributed by atoms with Crippen molar-refractivity contribution >= 4 is 28.1 Å². The zero-order chi connectivity index (χ0) is 6.85. The molecular formula is C5H6ClN2S. The Labute approximate surface area is 62.7 Å². The second kappa shape index (κ2) is 2.54. The monoisotopic (exact) mass is 161 g/mol. The van der Waals surface area contributed by atoms with Crippen molar-refractivity contribution < 1.29 is 0 Å². The first-order chi connectivity index (χ1) is 4.20. The third-order valence-electron chi connectivity index (χ3n) is 0.875. The van der Waals surface area contributed by atoms with E-state index in [1.54, 1.807) is 6.92 Å². The maximum atomic E-state index is 5.62. The SMILES string of the molecule is C[C](Cl)c1csc(N)n1. The van der Waals surface area contributed by atoms with Crippen LogP contribution in [0.4, 0.5) is 5.13 Å². The fourth-order valence-corrected chi connectivity index (χ4v) is 1.22. The lowest BCUT2D eigenvalue weighted by atomic mass is 10.4. The Morgan fingerprint density at radius 1 is 1.89 bits per heavy atom. The van der Waals surface area contributed by atoms with Crippen molar-refractivity contribution in [3.05, 3.63) is 16.5 Å². The van der Waals surface area contributed by atoms with Gasteiger partial charge in [0.2, 0.25) is 0 Å². The zero-order valence-electron chi connectivity index (χ0n) is 4.89. The molecule has 0 saturated carbocycles. The highest BCUT2D eigenvalue weighted by molar-refractivity contribution is 7.13. The molecule has 0 aliphatic rings. The maximum Gasteiger partial charge on any atom is 0.180 e. The predicted molar refractivity (Wildman–Crippen MR) is 40.4 cm³/mol. The van der Waals surface area contributed by atoms with Gasteiger partial charge >= 0.3 is 0 Å². The summed E-state index contributed by atoms with van der Waals surface area (Å²) >= 11 is 7.02. The van der Waals surface area contributed by atoms with Crippen molar-refractivity contribution in [2.75, 3.05) is 5.73 Å². The molecule has 0 bridgehead atoms. The number of aromatic nitrogens is 1. The van der Waals surface area contributed by atoms with Gasteiger partial charge in [-0.05, 0) is 6.92 Å². The number of hydrogen-bond acceptors (Lipinski definition) is 3. The molecule has 0 saturated heterocycles. The number of anilines is 1. The summed E-state index contributed by atoms with van der Waals surface area (Å²) in [6.45, 7) is 1.79. The molecule has 0 fully saturated rings. The Balaban J connectivity index is 2.85. The van der Waals surface area contributed by atoms with Gasteiger partial charge in [0.05, 0.1) is 5.69 Å². The van der Waals surface area contributed by atoms with Crippen molar-refractivity contribution in [2.45, 2.75) is 6.92 Å². The second-order valence-electron chi connectivity index (χ2n) is 1.60. The molecule has 1 radical (unpaired) electrons. The van der Waals surface area contributed by atoms with Gasteiger partial charge in [0.25, 0.3) is 0 Å². The van der Waals surface area contributed by atoms with Crippen LogP contribution in [0.2, 0.25) is 0 Å². The van der Waals surface area contributed by atoms with Gasteiger partial charge in [-0.3, -0.25) is 0 Å². The molecular weight excluding hydrogens is 156 g/mol. The van der Waals surface area contributed by atoms with Gasteiger partial charge in [-0.2, -0.15) is 0 Å². The van der Waals surface area contributed by atoms with Crippen LogP contribution in [0.15, 0.2) is 5.38 Å². The minimum absolute atomic E-state index is 0.560.